The third-order valence-corrected chi connectivity index (χ3v) is 4.59. The monoisotopic (exact) mass is 314 g/mol. The molecule has 0 amide bonds. The summed E-state index contributed by atoms with van der Waals surface area (Å²) in [5.74, 6) is 0.485. The summed E-state index contributed by atoms with van der Waals surface area (Å²) in [6.07, 6.45) is 4.85. The van der Waals surface area contributed by atoms with Crippen LogP contribution in [0.2, 0.25) is 10.0 Å². The molecule has 2 nitrogen and oxygen atoms in total. The number of halogens is 2. The van der Waals surface area contributed by atoms with Crippen LogP contribution >= 0.6 is 23.2 Å². The molecule has 1 fully saturated rings. The summed E-state index contributed by atoms with van der Waals surface area (Å²) >= 11 is 12.4. The smallest absolute Gasteiger partial charge is 0.0424 e. The van der Waals surface area contributed by atoms with Gasteiger partial charge in [-0.15, -0.1) is 0 Å². The Morgan fingerprint density at radius 3 is 2.50 bits per heavy atom. The summed E-state index contributed by atoms with van der Waals surface area (Å²) in [5, 5.41) is 1.42. The van der Waals surface area contributed by atoms with Crippen LogP contribution in [0.15, 0.2) is 18.2 Å². The molecular formula is C16H24Cl2N2. The highest BCUT2D eigenvalue weighted by atomic mass is 35.5. The average Bonchev–Trinajstić information content (AvgIpc) is 2.60. The van der Waals surface area contributed by atoms with Crippen LogP contribution in [0.5, 0.6) is 0 Å². The van der Waals surface area contributed by atoms with E-state index in [2.05, 4.69) is 24.0 Å². The molecule has 2 rings (SSSR count). The first kappa shape index (κ1) is 16.1. The van der Waals surface area contributed by atoms with E-state index in [1.54, 1.807) is 6.07 Å². The molecule has 1 aliphatic rings. The number of nitrogens with zero attached hydrogens (tertiary/aromatic N) is 1. The van der Waals surface area contributed by atoms with Crippen molar-refractivity contribution in [2.45, 2.75) is 38.6 Å². The number of benzene rings is 1. The predicted octanol–water partition coefficient (Wildman–Crippen LogP) is 4.51. The minimum Gasteiger partial charge on any atom is -0.330 e. The van der Waals surface area contributed by atoms with Gasteiger partial charge in [0.15, 0.2) is 0 Å². The Labute approximate surface area is 132 Å². The molecule has 112 valence electrons. The standard InChI is InChI=1S/C16H24Cl2N2/c1-2-6-20-7-4-3-5-12(11-19)16(20)13-8-14(17)10-15(18)9-13/h8-10,12,16H,2-7,11,19H2,1H3. The molecule has 0 aliphatic carbocycles. The molecule has 20 heavy (non-hydrogen) atoms. The fourth-order valence-corrected chi connectivity index (χ4v) is 3.87. The lowest BCUT2D eigenvalue weighted by molar-refractivity contribution is 0.158. The van der Waals surface area contributed by atoms with Gasteiger partial charge in [0.2, 0.25) is 0 Å². The number of likely N-dealkylation sites (tertiary alicyclic amines) is 1. The quantitative estimate of drug-likeness (QED) is 0.886. The van der Waals surface area contributed by atoms with Crippen molar-refractivity contribution in [2.24, 2.45) is 11.7 Å². The van der Waals surface area contributed by atoms with Crippen LogP contribution in [0.4, 0.5) is 0 Å². The summed E-state index contributed by atoms with van der Waals surface area (Å²) < 4.78 is 0. The van der Waals surface area contributed by atoms with Crippen LogP contribution in [0.3, 0.4) is 0 Å². The second kappa shape index (κ2) is 7.65. The van der Waals surface area contributed by atoms with E-state index in [0.717, 1.165) is 26.1 Å². The number of nitrogens with two attached hydrogens (primary N) is 1. The lowest BCUT2D eigenvalue weighted by Gasteiger charge is -2.35. The fourth-order valence-electron chi connectivity index (χ4n) is 3.33. The molecule has 1 heterocycles. The molecule has 0 aromatic heterocycles. The van der Waals surface area contributed by atoms with Gasteiger partial charge in [-0.3, -0.25) is 4.90 Å². The predicted molar refractivity (Wildman–Crippen MR) is 87.5 cm³/mol. The summed E-state index contributed by atoms with van der Waals surface area (Å²) in [7, 11) is 0. The van der Waals surface area contributed by atoms with Gasteiger partial charge in [-0.25, -0.2) is 0 Å². The zero-order valence-corrected chi connectivity index (χ0v) is 13.6. The van der Waals surface area contributed by atoms with E-state index >= 15 is 0 Å². The van der Waals surface area contributed by atoms with Crippen molar-refractivity contribution in [3.05, 3.63) is 33.8 Å². The normalized spacial score (nSPS) is 24.6. The Kier molecular flexibility index (Phi) is 6.16. The van der Waals surface area contributed by atoms with Gasteiger partial charge in [0, 0.05) is 16.1 Å². The van der Waals surface area contributed by atoms with Crippen LogP contribution in [0.25, 0.3) is 0 Å². The molecule has 1 aliphatic heterocycles. The molecule has 1 saturated heterocycles. The first-order valence-corrected chi connectivity index (χ1v) is 8.31. The molecule has 0 radical (unpaired) electrons. The van der Waals surface area contributed by atoms with Crippen molar-refractivity contribution in [3.8, 4) is 0 Å². The lowest BCUT2D eigenvalue weighted by Crippen LogP contribution is -2.36. The molecule has 2 N–H and O–H groups in total. The highest BCUT2D eigenvalue weighted by Crippen LogP contribution is 2.36. The van der Waals surface area contributed by atoms with E-state index in [9.17, 15) is 0 Å². The van der Waals surface area contributed by atoms with Crippen molar-refractivity contribution in [2.75, 3.05) is 19.6 Å². The molecule has 2 atom stereocenters. The fraction of sp³-hybridized carbons (Fsp3) is 0.625. The summed E-state index contributed by atoms with van der Waals surface area (Å²) in [5.41, 5.74) is 7.26. The Balaban J connectivity index is 2.37. The minimum atomic E-state index is 0.346. The largest absolute Gasteiger partial charge is 0.330 e. The van der Waals surface area contributed by atoms with Crippen molar-refractivity contribution in [3.63, 3.8) is 0 Å². The van der Waals surface area contributed by atoms with E-state index < -0.39 is 0 Å². The summed E-state index contributed by atoms with van der Waals surface area (Å²) in [4.78, 5) is 2.56. The molecule has 2 unspecified atom stereocenters. The minimum absolute atomic E-state index is 0.346. The summed E-state index contributed by atoms with van der Waals surface area (Å²) in [6, 6.07) is 6.24. The highest BCUT2D eigenvalue weighted by Gasteiger charge is 2.30. The topological polar surface area (TPSA) is 29.3 Å². The maximum atomic E-state index is 6.19. The second-order valence-electron chi connectivity index (χ2n) is 5.68. The van der Waals surface area contributed by atoms with Crippen LogP contribution < -0.4 is 5.73 Å². The number of hydrogen-bond donors (Lipinski definition) is 1. The van der Waals surface area contributed by atoms with Gasteiger partial charge in [-0.05, 0) is 68.6 Å². The average molecular weight is 315 g/mol. The van der Waals surface area contributed by atoms with Gasteiger partial charge < -0.3 is 5.73 Å². The Morgan fingerprint density at radius 1 is 1.20 bits per heavy atom. The van der Waals surface area contributed by atoms with Gasteiger partial charge in [-0.2, -0.15) is 0 Å². The number of hydrogen-bond acceptors (Lipinski definition) is 2. The molecule has 4 heteroatoms. The van der Waals surface area contributed by atoms with Gasteiger partial charge >= 0.3 is 0 Å². The third-order valence-electron chi connectivity index (χ3n) is 4.15. The summed E-state index contributed by atoms with van der Waals surface area (Å²) in [6.45, 7) is 5.18. The highest BCUT2D eigenvalue weighted by molar-refractivity contribution is 6.34. The maximum Gasteiger partial charge on any atom is 0.0424 e. The Morgan fingerprint density at radius 2 is 1.90 bits per heavy atom. The molecule has 1 aromatic rings. The molecule has 0 spiro atoms. The van der Waals surface area contributed by atoms with Crippen molar-refractivity contribution in [1.82, 2.24) is 4.90 Å². The lowest BCUT2D eigenvalue weighted by atomic mass is 9.89. The van der Waals surface area contributed by atoms with Gasteiger partial charge in [0.05, 0.1) is 0 Å². The van der Waals surface area contributed by atoms with E-state index in [0.29, 0.717) is 22.0 Å². The Hall–Kier alpha value is -0.280. The van der Waals surface area contributed by atoms with E-state index in [1.807, 2.05) is 0 Å². The van der Waals surface area contributed by atoms with Gasteiger partial charge in [0.25, 0.3) is 0 Å². The van der Waals surface area contributed by atoms with E-state index in [1.165, 1.54) is 24.8 Å². The van der Waals surface area contributed by atoms with Crippen LogP contribution in [-0.2, 0) is 0 Å². The van der Waals surface area contributed by atoms with Crippen molar-refractivity contribution >= 4 is 23.2 Å². The zero-order valence-electron chi connectivity index (χ0n) is 12.1. The second-order valence-corrected chi connectivity index (χ2v) is 6.55. The SMILES string of the molecule is CCCN1CCCCC(CN)C1c1cc(Cl)cc(Cl)c1. The third kappa shape index (κ3) is 3.88. The van der Waals surface area contributed by atoms with Crippen molar-refractivity contribution in [1.29, 1.82) is 0 Å². The molecule has 0 saturated carbocycles. The van der Waals surface area contributed by atoms with Crippen LogP contribution in [0, 0.1) is 5.92 Å². The first-order valence-electron chi connectivity index (χ1n) is 7.55. The maximum absolute atomic E-state index is 6.19. The number of rotatable bonds is 4. The molecular weight excluding hydrogens is 291 g/mol. The van der Waals surface area contributed by atoms with E-state index in [4.69, 9.17) is 28.9 Å². The van der Waals surface area contributed by atoms with Crippen molar-refractivity contribution < 1.29 is 0 Å². The first-order chi connectivity index (χ1) is 9.65. The Bertz CT molecular complexity index is 416. The van der Waals surface area contributed by atoms with Crippen LogP contribution in [0.1, 0.15) is 44.2 Å². The zero-order chi connectivity index (χ0) is 14.5. The molecule has 0 bridgehead atoms. The van der Waals surface area contributed by atoms with Gasteiger partial charge in [0.1, 0.15) is 0 Å². The van der Waals surface area contributed by atoms with Crippen LogP contribution in [-0.4, -0.2) is 24.5 Å². The van der Waals surface area contributed by atoms with Gasteiger partial charge in [-0.1, -0.05) is 36.5 Å². The molecule has 1 aromatic carbocycles. The van der Waals surface area contributed by atoms with E-state index in [-0.39, 0.29) is 0 Å².